The van der Waals surface area contributed by atoms with Crippen LogP contribution in [0.5, 0.6) is 11.5 Å². The van der Waals surface area contributed by atoms with Gasteiger partial charge in [0.05, 0.1) is 19.8 Å². The monoisotopic (exact) mass is 291 g/mol. The van der Waals surface area contributed by atoms with E-state index in [1.807, 2.05) is 19.1 Å². The molecule has 2 fully saturated rings. The largest absolute Gasteiger partial charge is 0.493 e. The van der Waals surface area contributed by atoms with E-state index in [-0.39, 0.29) is 0 Å². The lowest BCUT2D eigenvalue weighted by Gasteiger charge is -2.21. The van der Waals surface area contributed by atoms with Crippen molar-refractivity contribution in [2.24, 2.45) is 5.92 Å². The van der Waals surface area contributed by atoms with Crippen molar-refractivity contribution in [1.82, 2.24) is 5.32 Å². The summed E-state index contributed by atoms with van der Waals surface area (Å²) in [4.78, 5) is 0. The van der Waals surface area contributed by atoms with Crippen LogP contribution in [0.4, 0.5) is 0 Å². The van der Waals surface area contributed by atoms with E-state index in [0.717, 1.165) is 42.6 Å². The van der Waals surface area contributed by atoms with Crippen LogP contribution in [0.3, 0.4) is 0 Å². The van der Waals surface area contributed by atoms with E-state index in [0.29, 0.717) is 18.8 Å². The maximum Gasteiger partial charge on any atom is 0.165 e. The summed E-state index contributed by atoms with van der Waals surface area (Å²) < 4.78 is 17.0. The van der Waals surface area contributed by atoms with E-state index in [2.05, 4.69) is 11.4 Å². The van der Waals surface area contributed by atoms with Crippen LogP contribution in [0.15, 0.2) is 18.2 Å². The van der Waals surface area contributed by atoms with Crippen LogP contribution in [-0.2, 0) is 11.3 Å². The van der Waals surface area contributed by atoms with Crippen molar-refractivity contribution in [2.75, 3.05) is 20.3 Å². The number of nitrogens with one attached hydrogen (secondary N) is 1. The lowest BCUT2D eigenvalue weighted by molar-refractivity contribution is 0.0808. The third-order valence-electron chi connectivity index (χ3n) is 4.34. The van der Waals surface area contributed by atoms with Crippen molar-refractivity contribution in [3.05, 3.63) is 23.8 Å². The molecule has 2 unspecified atom stereocenters. The van der Waals surface area contributed by atoms with Crippen LogP contribution in [-0.4, -0.2) is 32.5 Å². The van der Waals surface area contributed by atoms with E-state index in [9.17, 15) is 0 Å². The summed E-state index contributed by atoms with van der Waals surface area (Å²) in [6, 6.07) is 6.54. The topological polar surface area (TPSA) is 39.7 Å². The predicted molar refractivity (Wildman–Crippen MR) is 81.9 cm³/mol. The molecule has 1 aromatic rings. The Morgan fingerprint density at radius 1 is 1.29 bits per heavy atom. The number of hydrogen-bond acceptors (Lipinski definition) is 4. The Morgan fingerprint density at radius 2 is 2.14 bits per heavy atom. The number of ether oxygens (including phenoxy) is 3. The average molecular weight is 291 g/mol. The van der Waals surface area contributed by atoms with Crippen LogP contribution in [0.25, 0.3) is 0 Å². The van der Waals surface area contributed by atoms with Crippen molar-refractivity contribution < 1.29 is 14.2 Å². The van der Waals surface area contributed by atoms with Gasteiger partial charge in [0.25, 0.3) is 0 Å². The van der Waals surface area contributed by atoms with Crippen LogP contribution in [0, 0.1) is 5.92 Å². The summed E-state index contributed by atoms with van der Waals surface area (Å²) >= 11 is 0. The Kier molecular flexibility index (Phi) is 4.66. The minimum Gasteiger partial charge on any atom is -0.493 e. The van der Waals surface area contributed by atoms with Crippen molar-refractivity contribution in [3.8, 4) is 11.5 Å². The van der Waals surface area contributed by atoms with Gasteiger partial charge in [0.1, 0.15) is 0 Å². The normalized spacial score (nSPS) is 25.0. The highest BCUT2D eigenvalue weighted by atomic mass is 16.5. The molecule has 0 aromatic heterocycles. The smallest absolute Gasteiger partial charge is 0.165 e. The first-order chi connectivity index (χ1) is 10.3. The first-order valence-electron chi connectivity index (χ1n) is 7.97. The van der Waals surface area contributed by atoms with Gasteiger partial charge >= 0.3 is 0 Å². The second kappa shape index (κ2) is 6.67. The van der Waals surface area contributed by atoms with E-state index in [4.69, 9.17) is 14.2 Å². The molecule has 1 heterocycles. The van der Waals surface area contributed by atoms with Gasteiger partial charge < -0.3 is 19.5 Å². The summed E-state index contributed by atoms with van der Waals surface area (Å²) in [5.74, 6) is 2.44. The molecule has 1 N–H and O–H groups in total. The fourth-order valence-electron chi connectivity index (χ4n) is 3.16. The Bertz CT molecular complexity index is 473. The standard InChI is InChI=1S/C17H25NO3/c1-3-20-15-6-4-5-13(17(15)19-2)11-18-14-9-10-21-16(14)12-7-8-12/h4-6,12,14,16,18H,3,7-11H2,1-2H3. The molecule has 4 heteroatoms. The third-order valence-corrected chi connectivity index (χ3v) is 4.34. The molecule has 3 rings (SSSR count). The van der Waals surface area contributed by atoms with Gasteiger partial charge in [0.15, 0.2) is 11.5 Å². The van der Waals surface area contributed by atoms with Crippen LogP contribution >= 0.6 is 0 Å². The number of rotatable bonds is 7. The quantitative estimate of drug-likeness (QED) is 0.838. The molecule has 1 aliphatic carbocycles. The zero-order chi connectivity index (χ0) is 14.7. The molecule has 1 saturated heterocycles. The average Bonchev–Trinajstić information content (AvgIpc) is 3.24. The maximum atomic E-state index is 5.88. The molecule has 2 atom stereocenters. The highest BCUT2D eigenvalue weighted by Gasteiger charge is 2.40. The number of methoxy groups -OCH3 is 1. The minimum absolute atomic E-state index is 0.408. The van der Waals surface area contributed by atoms with E-state index in [1.54, 1.807) is 7.11 Å². The SMILES string of the molecule is CCOc1cccc(CNC2CCOC2C2CC2)c1OC. The Hall–Kier alpha value is -1.26. The van der Waals surface area contributed by atoms with Gasteiger partial charge in [-0.25, -0.2) is 0 Å². The minimum atomic E-state index is 0.408. The van der Waals surface area contributed by atoms with Gasteiger partial charge in [-0.05, 0) is 38.2 Å². The second-order valence-corrected chi connectivity index (χ2v) is 5.83. The molecule has 0 amide bonds. The molecule has 1 saturated carbocycles. The summed E-state index contributed by atoms with van der Waals surface area (Å²) in [6.07, 6.45) is 4.16. The van der Waals surface area contributed by atoms with Crippen molar-refractivity contribution >= 4 is 0 Å². The maximum absolute atomic E-state index is 5.88. The fourth-order valence-corrected chi connectivity index (χ4v) is 3.16. The second-order valence-electron chi connectivity index (χ2n) is 5.83. The van der Waals surface area contributed by atoms with Gasteiger partial charge in [-0.15, -0.1) is 0 Å². The number of para-hydroxylation sites is 1. The molecule has 1 aromatic carbocycles. The van der Waals surface area contributed by atoms with Gasteiger partial charge in [-0.2, -0.15) is 0 Å². The van der Waals surface area contributed by atoms with Crippen molar-refractivity contribution in [1.29, 1.82) is 0 Å². The predicted octanol–water partition coefficient (Wildman–Crippen LogP) is 2.75. The van der Waals surface area contributed by atoms with Crippen LogP contribution < -0.4 is 14.8 Å². The van der Waals surface area contributed by atoms with E-state index in [1.165, 1.54) is 12.8 Å². The number of benzene rings is 1. The molecule has 0 spiro atoms. The van der Waals surface area contributed by atoms with Crippen molar-refractivity contribution in [3.63, 3.8) is 0 Å². The third kappa shape index (κ3) is 3.33. The van der Waals surface area contributed by atoms with Crippen LogP contribution in [0.2, 0.25) is 0 Å². The fraction of sp³-hybridized carbons (Fsp3) is 0.647. The molecule has 0 bridgehead atoms. The van der Waals surface area contributed by atoms with E-state index < -0.39 is 0 Å². The number of hydrogen-bond donors (Lipinski definition) is 1. The summed E-state index contributed by atoms with van der Waals surface area (Å²) in [6.45, 7) is 4.31. The Labute approximate surface area is 126 Å². The summed E-state index contributed by atoms with van der Waals surface area (Å²) in [5.41, 5.74) is 1.14. The molecular weight excluding hydrogens is 266 g/mol. The molecule has 0 radical (unpaired) electrons. The highest BCUT2D eigenvalue weighted by molar-refractivity contribution is 5.46. The van der Waals surface area contributed by atoms with Gasteiger partial charge in [-0.3, -0.25) is 0 Å². The zero-order valence-corrected chi connectivity index (χ0v) is 12.9. The van der Waals surface area contributed by atoms with Gasteiger partial charge in [0.2, 0.25) is 0 Å². The summed E-state index contributed by atoms with van der Waals surface area (Å²) in [5, 5.41) is 3.65. The van der Waals surface area contributed by atoms with Crippen LogP contribution in [0.1, 0.15) is 31.7 Å². The Balaban J connectivity index is 1.65. The molecular formula is C17H25NO3. The molecule has 4 nitrogen and oxygen atoms in total. The lowest BCUT2D eigenvalue weighted by Crippen LogP contribution is -2.37. The first-order valence-corrected chi connectivity index (χ1v) is 7.97. The highest BCUT2D eigenvalue weighted by Crippen LogP contribution is 2.39. The molecule has 21 heavy (non-hydrogen) atoms. The summed E-state index contributed by atoms with van der Waals surface area (Å²) in [7, 11) is 1.70. The zero-order valence-electron chi connectivity index (χ0n) is 12.9. The molecule has 2 aliphatic rings. The van der Waals surface area contributed by atoms with Gasteiger partial charge in [-0.1, -0.05) is 12.1 Å². The molecule has 116 valence electrons. The first kappa shape index (κ1) is 14.7. The van der Waals surface area contributed by atoms with E-state index >= 15 is 0 Å². The van der Waals surface area contributed by atoms with Gasteiger partial charge in [0, 0.05) is 24.8 Å². The Morgan fingerprint density at radius 3 is 2.86 bits per heavy atom. The van der Waals surface area contributed by atoms with Crippen molar-refractivity contribution in [2.45, 2.75) is 44.9 Å². The lowest BCUT2D eigenvalue weighted by atomic mass is 10.1. The molecule has 1 aliphatic heterocycles.